The second kappa shape index (κ2) is 9.58. The summed E-state index contributed by atoms with van der Waals surface area (Å²) in [5.74, 6) is -0.746. The number of thiazole rings is 1. The van der Waals surface area contributed by atoms with Gasteiger partial charge in [0.05, 0.1) is 17.6 Å². The average molecular weight is 468 g/mol. The van der Waals surface area contributed by atoms with Crippen LogP contribution >= 0.6 is 11.3 Å². The Balaban J connectivity index is 1.42. The Morgan fingerprint density at radius 1 is 1.24 bits per heavy atom. The molecule has 0 aliphatic carbocycles. The van der Waals surface area contributed by atoms with Crippen molar-refractivity contribution < 1.29 is 23.5 Å². The number of rotatable bonds is 6. The number of carbonyl (C=O) groups is 3. The number of nitrogens with zero attached hydrogens (tertiary/aromatic N) is 3. The lowest BCUT2D eigenvalue weighted by Gasteiger charge is -2.22. The van der Waals surface area contributed by atoms with Crippen LogP contribution in [0.25, 0.3) is 0 Å². The number of esters is 1. The van der Waals surface area contributed by atoms with Gasteiger partial charge in [0.2, 0.25) is 5.91 Å². The monoisotopic (exact) mass is 467 g/mol. The van der Waals surface area contributed by atoms with Crippen molar-refractivity contribution in [1.29, 1.82) is 0 Å². The molecule has 0 saturated carbocycles. The number of benzene rings is 1. The largest absolute Gasteiger partial charge is 0.459 e. The van der Waals surface area contributed by atoms with Crippen LogP contribution in [0.2, 0.25) is 0 Å². The van der Waals surface area contributed by atoms with Gasteiger partial charge in [-0.2, -0.15) is 0 Å². The van der Waals surface area contributed by atoms with Crippen molar-refractivity contribution in [3.05, 3.63) is 64.6 Å². The van der Waals surface area contributed by atoms with Gasteiger partial charge in [-0.25, -0.2) is 9.78 Å². The summed E-state index contributed by atoms with van der Waals surface area (Å²) in [6, 6.07) is 8.37. The van der Waals surface area contributed by atoms with Gasteiger partial charge in [-0.3, -0.25) is 14.5 Å². The van der Waals surface area contributed by atoms with Crippen LogP contribution in [0.4, 0.5) is 10.8 Å². The lowest BCUT2D eigenvalue weighted by molar-refractivity contribution is -0.149. The van der Waals surface area contributed by atoms with E-state index in [1.54, 1.807) is 22.4 Å². The van der Waals surface area contributed by atoms with Crippen LogP contribution in [0.1, 0.15) is 47.1 Å². The van der Waals surface area contributed by atoms with E-state index in [2.05, 4.69) is 4.98 Å². The summed E-state index contributed by atoms with van der Waals surface area (Å²) >= 11 is 1.30. The molecule has 0 unspecified atom stereocenters. The minimum Gasteiger partial charge on any atom is -0.459 e. The van der Waals surface area contributed by atoms with E-state index in [1.807, 2.05) is 32.0 Å². The van der Waals surface area contributed by atoms with E-state index in [0.29, 0.717) is 23.8 Å². The van der Waals surface area contributed by atoms with Gasteiger partial charge >= 0.3 is 5.97 Å². The van der Waals surface area contributed by atoms with E-state index in [-0.39, 0.29) is 24.2 Å². The van der Waals surface area contributed by atoms with E-state index >= 15 is 0 Å². The van der Waals surface area contributed by atoms with Crippen LogP contribution in [0.15, 0.2) is 46.4 Å². The Morgan fingerprint density at radius 3 is 2.76 bits per heavy atom. The molecule has 1 aromatic carbocycles. The first-order valence-electron chi connectivity index (χ1n) is 10.7. The molecule has 0 radical (unpaired) electrons. The molecule has 8 nitrogen and oxygen atoms in total. The molecule has 3 aromatic rings. The molecule has 9 heteroatoms. The van der Waals surface area contributed by atoms with Crippen molar-refractivity contribution in [2.24, 2.45) is 0 Å². The summed E-state index contributed by atoms with van der Waals surface area (Å²) in [7, 11) is 0. The lowest BCUT2D eigenvalue weighted by Crippen LogP contribution is -2.41. The Kier molecular flexibility index (Phi) is 6.60. The second-order valence-electron chi connectivity index (χ2n) is 7.99. The number of furan rings is 1. The molecule has 0 bridgehead atoms. The van der Waals surface area contributed by atoms with Crippen molar-refractivity contribution in [1.82, 2.24) is 9.88 Å². The fourth-order valence-corrected chi connectivity index (χ4v) is 4.67. The topological polar surface area (TPSA) is 93.0 Å². The maximum absolute atomic E-state index is 12.7. The smallest absolute Gasteiger partial charge is 0.329 e. The van der Waals surface area contributed by atoms with Crippen LogP contribution in [0.5, 0.6) is 0 Å². The summed E-state index contributed by atoms with van der Waals surface area (Å²) in [5.41, 5.74) is 3.50. The third-order valence-electron chi connectivity index (χ3n) is 5.67. The van der Waals surface area contributed by atoms with E-state index in [4.69, 9.17) is 9.15 Å². The number of ether oxygens (including phenoxy) is 1. The molecule has 172 valence electrons. The number of aromatic nitrogens is 1. The van der Waals surface area contributed by atoms with Gasteiger partial charge in [0.15, 0.2) is 10.9 Å². The molecule has 3 heterocycles. The molecular weight excluding hydrogens is 442 g/mol. The van der Waals surface area contributed by atoms with E-state index in [9.17, 15) is 14.4 Å². The minimum atomic E-state index is -0.648. The van der Waals surface area contributed by atoms with Crippen molar-refractivity contribution >= 4 is 39.9 Å². The van der Waals surface area contributed by atoms with Crippen molar-refractivity contribution in [3.8, 4) is 0 Å². The highest BCUT2D eigenvalue weighted by atomic mass is 32.1. The van der Waals surface area contributed by atoms with Crippen LogP contribution in [0.3, 0.4) is 0 Å². The Bertz CT molecular complexity index is 1170. The van der Waals surface area contributed by atoms with Crippen LogP contribution in [0, 0.1) is 13.8 Å². The van der Waals surface area contributed by atoms with Gasteiger partial charge in [0.1, 0.15) is 12.6 Å². The predicted octanol–water partition coefficient (Wildman–Crippen LogP) is 4.39. The van der Waals surface area contributed by atoms with Crippen LogP contribution in [-0.2, 0) is 20.9 Å². The third kappa shape index (κ3) is 4.83. The zero-order valence-electron chi connectivity index (χ0n) is 18.7. The van der Waals surface area contributed by atoms with Crippen LogP contribution in [-0.4, -0.2) is 40.3 Å². The quantitative estimate of drug-likeness (QED) is 0.500. The molecule has 0 N–H and O–H groups in total. The highest BCUT2D eigenvalue weighted by molar-refractivity contribution is 7.14. The first-order valence-corrected chi connectivity index (χ1v) is 11.6. The molecule has 1 fully saturated rings. The molecule has 2 amide bonds. The number of hydrogen-bond donors (Lipinski definition) is 0. The van der Waals surface area contributed by atoms with Crippen molar-refractivity contribution in [3.63, 3.8) is 0 Å². The number of hydrogen-bond acceptors (Lipinski definition) is 7. The number of anilines is 2. The first-order chi connectivity index (χ1) is 15.8. The summed E-state index contributed by atoms with van der Waals surface area (Å²) < 4.78 is 10.7. The molecule has 2 aromatic heterocycles. The summed E-state index contributed by atoms with van der Waals surface area (Å²) in [6.45, 7) is 5.94. The standard InChI is InChI=1S/C24H25N3O5S/c1-15-8-9-19(12-16(15)2)27(17(3)28)24-25-18(14-33-24)13-32-23(30)20-6-4-10-26(20)22(29)21-7-5-11-31-21/h5,7-9,11-12,14,20H,4,6,10,13H2,1-3H3/t20-/m0/s1. The average Bonchev–Trinajstić information content (AvgIpc) is 3.55. The van der Waals surface area contributed by atoms with Gasteiger partial charge in [-0.15, -0.1) is 11.3 Å². The lowest BCUT2D eigenvalue weighted by atomic mass is 10.1. The van der Waals surface area contributed by atoms with Gasteiger partial charge in [-0.1, -0.05) is 6.07 Å². The highest BCUT2D eigenvalue weighted by Gasteiger charge is 2.36. The molecule has 4 rings (SSSR count). The summed E-state index contributed by atoms with van der Waals surface area (Å²) in [4.78, 5) is 45.2. The molecule has 0 spiro atoms. The summed E-state index contributed by atoms with van der Waals surface area (Å²) in [5, 5.41) is 2.27. The van der Waals surface area contributed by atoms with E-state index in [0.717, 1.165) is 23.2 Å². The molecule has 1 aliphatic rings. The molecule has 1 saturated heterocycles. The van der Waals surface area contributed by atoms with Crippen molar-refractivity contribution in [2.75, 3.05) is 11.4 Å². The zero-order valence-corrected chi connectivity index (χ0v) is 19.6. The minimum absolute atomic E-state index is 0.0344. The Morgan fingerprint density at radius 2 is 2.06 bits per heavy atom. The fourth-order valence-electron chi connectivity index (χ4n) is 3.79. The van der Waals surface area contributed by atoms with Crippen molar-refractivity contribution in [2.45, 2.75) is 46.3 Å². The van der Waals surface area contributed by atoms with E-state index in [1.165, 1.54) is 29.4 Å². The maximum atomic E-state index is 12.7. The fraction of sp³-hybridized carbons (Fsp3) is 0.333. The molecular formula is C24H25N3O5S. The molecule has 1 atom stereocenters. The highest BCUT2D eigenvalue weighted by Crippen LogP contribution is 2.30. The number of likely N-dealkylation sites (tertiary alicyclic amines) is 1. The molecule has 1 aliphatic heterocycles. The number of amides is 2. The van der Waals surface area contributed by atoms with Gasteiger partial charge in [-0.05, 0) is 62.1 Å². The third-order valence-corrected chi connectivity index (χ3v) is 6.55. The molecule has 33 heavy (non-hydrogen) atoms. The predicted molar refractivity (Wildman–Crippen MR) is 123 cm³/mol. The number of aryl methyl sites for hydroxylation is 2. The van der Waals surface area contributed by atoms with Gasteiger partial charge in [0.25, 0.3) is 5.91 Å². The normalized spacial score (nSPS) is 15.5. The van der Waals surface area contributed by atoms with E-state index < -0.39 is 12.0 Å². The van der Waals surface area contributed by atoms with Gasteiger partial charge < -0.3 is 14.1 Å². The maximum Gasteiger partial charge on any atom is 0.329 e. The SMILES string of the molecule is CC(=O)N(c1ccc(C)c(C)c1)c1nc(COC(=O)[C@@H]2CCCN2C(=O)c2ccco2)cs1. The summed E-state index contributed by atoms with van der Waals surface area (Å²) in [6.07, 6.45) is 2.69. The van der Waals surface area contributed by atoms with Crippen LogP contribution < -0.4 is 4.90 Å². The second-order valence-corrected chi connectivity index (χ2v) is 8.82. The van der Waals surface area contributed by atoms with Gasteiger partial charge in [0, 0.05) is 18.8 Å². The Hall–Kier alpha value is -3.46. The zero-order chi connectivity index (χ0) is 23.5. The first kappa shape index (κ1) is 22.7. The Labute approximate surface area is 195 Å². The number of carbonyl (C=O) groups excluding carboxylic acids is 3.